The van der Waals surface area contributed by atoms with Gasteiger partial charge in [0.05, 0.1) is 6.61 Å². The number of unbranched alkanes of at least 4 members (excludes halogenated alkanes) is 1. The number of hydrogen-bond donors (Lipinski definition) is 2. The zero-order chi connectivity index (χ0) is 11.8. The van der Waals surface area contributed by atoms with Gasteiger partial charge in [0.15, 0.2) is 0 Å². The molecular weight excluding hydrogens is 261 g/mol. The number of halogens is 2. The van der Waals surface area contributed by atoms with Gasteiger partial charge in [-0.2, -0.15) is 12.6 Å². The average molecular weight is 280 g/mol. The van der Waals surface area contributed by atoms with Gasteiger partial charge < -0.3 is 10.5 Å². The normalized spacial score (nSPS) is 11.7. The molecule has 1 atom stereocenters. The molecule has 0 radical (unpaired) electrons. The largest absolute Gasteiger partial charge is 0.493 e. The predicted octanol–water partition coefficient (Wildman–Crippen LogP) is 3.05. The molecule has 0 fully saturated rings. The molecular formula is C12H19ClFNOS. The van der Waals surface area contributed by atoms with Gasteiger partial charge in [0.25, 0.3) is 0 Å². The summed E-state index contributed by atoms with van der Waals surface area (Å²) in [5.41, 5.74) is 5.72. The highest BCUT2D eigenvalue weighted by molar-refractivity contribution is 7.80. The highest BCUT2D eigenvalue weighted by Crippen LogP contribution is 2.12. The van der Waals surface area contributed by atoms with Crippen molar-refractivity contribution in [2.24, 2.45) is 5.73 Å². The first-order valence-corrected chi connectivity index (χ1v) is 6.10. The third-order valence-electron chi connectivity index (χ3n) is 2.27. The van der Waals surface area contributed by atoms with Gasteiger partial charge in [0, 0.05) is 17.9 Å². The van der Waals surface area contributed by atoms with Crippen LogP contribution in [0, 0.1) is 5.82 Å². The minimum atomic E-state index is -0.269. The Balaban J connectivity index is 0.00000256. The molecule has 2 nitrogen and oxygen atoms in total. The molecule has 2 N–H and O–H groups in total. The summed E-state index contributed by atoms with van der Waals surface area (Å²) in [6, 6.07) is 6.35. The van der Waals surface area contributed by atoms with Crippen LogP contribution in [-0.4, -0.2) is 18.4 Å². The van der Waals surface area contributed by atoms with Crippen molar-refractivity contribution in [1.82, 2.24) is 0 Å². The van der Waals surface area contributed by atoms with Crippen molar-refractivity contribution in [2.45, 2.75) is 25.3 Å². The maximum Gasteiger partial charge on any atom is 0.126 e. The van der Waals surface area contributed by atoms with Crippen molar-refractivity contribution in [3.8, 4) is 5.75 Å². The summed E-state index contributed by atoms with van der Waals surface area (Å²) < 4.78 is 18.2. The van der Waals surface area contributed by atoms with Crippen molar-refractivity contribution in [2.75, 3.05) is 12.4 Å². The van der Waals surface area contributed by atoms with E-state index in [0.29, 0.717) is 18.1 Å². The second-order valence-corrected chi connectivity index (χ2v) is 4.11. The lowest BCUT2D eigenvalue weighted by Gasteiger charge is -2.08. The van der Waals surface area contributed by atoms with Gasteiger partial charge in [-0.25, -0.2) is 4.39 Å². The first-order valence-electron chi connectivity index (χ1n) is 5.47. The van der Waals surface area contributed by atoms with Crippen LogP contribution < -0.4 is 10.5 Å². The molecule has 0 aromatic heterocycles. The molecule has 0 unspecified atom stereocenters. The summed E-state index contributed by atoms with van der Waals surface area (Å²) in [5, 5.41) is 0. The van der Waals surface area contributed by atoms with Gasteiger partial charge in [-0.15, -0.1) is 12.4 Å². The van der Waals surface area contributed by atoms with E-state index in [0.717, 1.165) is 19.3 Å². The molecule has 0 amide bonds. The number of nitrogens with two attached hydrogens (primary N) is 1. The second kappa shape index (κ2) is 9.57. The van der Waals surface area contributed by atoms with E-state index in [-0.39, 0.29) is 24.3 Å². The lowest BCUT2D eigenvalue weighted by atomic mass is 10.1. The van der Waals surface area contributed by atoms with E-state index >= 15 is 0 Å². The van der Waals surface area contributed by atoms with Gasteiger partial charge >= 0.3 is 0 Å². The number of rotatable bonds is 7. The average Bonchev–Trinajstić information content (AvgIpc) is 2.28. The zero-order valence-corrected chi connectivity index (χ0v) is 11.4. The minimum absolute atomic E-state index is 0. The molecule has 0 aliphatic rings. The Bertz CT molecular complexity index is 314. The van der Waals surface area contributed by atoms with Crippen LogP contribution in [0.5, 0.6) is 5.75 Å². The molecule has 0 saturated carbocycles. The van der Waals surface area contributed by atoms with Crippen molar-refractivity contribution in [3.63, 3.8) is 0 Å². The van der Waals surface area contributed by atoms with E-state index in [2.05, 4.69) is 12.6 Å². The van der Waals surface area contributed by atoms with E-state index in [1.165, 1.54) is 12.1 Å². The number of benzene rings is 1. The van der Waals surface area contributed by atoms with E-state index in [9.17, 15) is 4.39 Å². The van der Waals surface area contributed by atoms with Crippen molar-refractivity contribution < 1.29 is 9.13 Å². The predicted molar refractivity (Wildman–Crippen MR) is 74.8 cm³/mol. The fraction of sp³-hybridized carbons (Fsp3) is 0.500. The maximum atomic E-state index is 12.8. The van der Waals surface area contributed by atoms with E-state index in [1.807, 2.05) is 0 Å². The van der Waals surface area contributed by atoms with Crippen LogP contribution >= 0.6 is 25.0 Å². The molecule has 0 saturated heterocycles. The van der Waals surface area contributed by atoms with Crippen LogP contribution in [0.3, 0.4) is 0 Å². The third-order valence-corrected chi connectivity index (χ3v) is 2.74. The Kier molecular flexibility index (Phi) is 9.31. The first-order chi connectivity index (χ1) is 7.72. The molecule has 0 aliphatic carbocycles. The van der Waals surface area contributed by atoms with Gasteiger partial charge in [-0.05, 0) is 31.4 Å². The molecule has 0 heterocycles. The first kappa shape index (κ1) is 16.6. The zero-order valence-electron chi connectivity index (χ0n) is 9.64. The van der Waals surface area contributed by atoms with Gasteiger partial charge in [0.1, 0.15) is 11.6 Å². The number of thiol groups is 1. The van der Waals surface area contributed by atoms with Crippen LogP contribution in [0.25, 0.3) is 0 Å². The maximum absolute atomic E-state index is 12.8. The molecule has 0 spiro atoms. The van der Waals surface area contributed by atoms with Gasteiger partial charge in [-0.1, -0.05) is 6.07 Å². The summed E-state index contributed by atoms with van der Waals surface area (Å²) >= 11 is 4.11. The van der Waals surface area contributed by atoms with E-state index in [1.54, 1.807) is 12.1 Å². The fourth-order valence-corrected chi connectivity index (χ4v) is 1.53. The van der Waals surface area contributed by atoms with Gasteiger partial charge in [-0.3, -0.25) is 0 Å². The topological polar surface area (TPSA) is 35.2 Å². The summed E-state index contributed by atoms with van der Waals surface area (Å²) in [7, 11) is 0. The monoisotopic (exact) mass is 279 g/mol. The Hall–Kier alpha value is -0.450. The Morgan fingerprint density at radius 2 is 2.12 bits per heavy atom. The van der Waals surface area contributed by atoms with Crippen LogP contribution in [0.4, 0.5) is 4.39 Å². The van der Waals surface area contributed by atoms with E-state index < -0.39 is 0 Å². The van der Waals surface area contributed by atoms with Crippen LogP contribution in [0.15, 0.2) is 24.3 Å². The quantitative estimate of drug-likeness (QED) is 0.594. The molecule has 5 heteroatoms. The Labute approximate surface area is 114 Å². The van der Waals surface area contributed by atoms with Crippen molar-refractivity contribution >= 4 is 25.0 Å². The molecule has 1 rings (SSSR count). The standard InChI is InChI=1S/C12H18FNOS.ClH/c13-10-4-3-6-12(8-10)15-7-2-1-5-11(14)9-16;/h3-4,6,8,11,16H,1-2,5,7,9,14H2;1H/t11-;/m1./s1. The number of hydrogen-bond acceptors (Lipinski definition) is 3. The lowest BCUT2D eigenvalue weighted by Crippen LogP contribution is -2.21. The Morgan fingerprint density at radius 3 is 2.76 bits per heavy atom. The van der Waals surface area contributed by atoms with Gasteiger partial charge in [0.2, 0.25) is 0 Å². The summed E-state index contributed by atoms with van der Waals surface area (Å²) in [6.07, 6.45) is 2.89. The third kappa shape index (κ3) is 7.47. The summed E-state index contributed by atoms with van der Waals surface area (Å²) in [6.45, 7) is 0.600. The molecule has 0 aliphatic heterocycles. The highest BCUT2D eigenvalue weighted by Gasteiger charge is 1.99. The second-order valence-electron chi connectivity index (χ2n) is 3.74. The van der Waals surface area contributed by atoms with Crippen molar-refractivity contribution in [3.05, 3.63) is 30.1 Å². The minimum Gasteiger partial charge on any atom is -0.493 e. The number of ether oxygens (including phenoxy) is 1. The summed E-state index contributed by atoms with van der Waals surface area (Å²) in [4.78, 5) is 0. The Morgan fingerprint density at radius 1 is 1.35 bits per heavy atom. The SMILES string of the molecule is Cl.N[C@@H](CS)CCCCOc1cccc(F)c1. The van der Waals surface area contributed by atoms with Crippen LogP contribution in [-0.2, 0) is 0 Å². The van der Waals surface area contributed by atoms with Crippen molar-refractivity contribution in [1.29, 1.82) is 0 Å². The fourth-order valence-electron chi connectivity index (χ4n) is 1.35. The highest BCUT2D eigenvalue weighted by atomic mass is 35.5. The van der Waals surface area contributed by atoms with E-state index in [4.69, 9.17) is 10.5 Å². The van der Waals surface area contributed by atoms with Crippen LogP contribution in [0.2, 0.25) is 0 Å². The molecule has 98 valence electrons. The summed E-state index contributed by atoms with van der Waals surface area (Å²) in [5.74, 6) is 1.03. The molecule has 17 heavy (non-hydrogen) atoms. The van der Waals surface area contributed by atoms with Crippen LogP contribution in [0.1, 0.15) is 19.3 Å². The molecule has 1 aromatic carbocycles. The lowest BCUT2D eigenvalue weighted by molar-refractivity contribution is 0.302. The smallest absolute Gasteiger partial charge is 0.126 e. The molecule has 0 bridgehead atoms. The molecule has 1 aromatic rings.